The summed E-state index contributed by atoms with van der Waals surface area (Å²) >= 11 is 0. The van der Waals surface area contributed by atoms with Crippen LogP contribution < -0.4 is 10.2 Å². The SMILES string of the molecule is CCCC(=O)NCC1CN(c2cc(C)cc(C)c2)C(=O)O1. The Morgan fingerprint density at radius 3 is 2.62 bits per heavy atom. The van der Waals surface area contributed by atoms with E-state index in [9.17, 15) is 9.59 Å². The molecular weight excluding hydrogens is 268 g/mol. The summed E-state index contributed by atoms with van der Waals surface area (Å²) in [6, 6.07) is 5.99. The second kappa shape index (κ2) is 6.61. The number of nitrogens with zero attached hydrogens (tertiary/aromatic N) is 1. The summed E-state index contributed by atoms with van der Waals surface area (Å²) in [5, 5.41) is 2.80. The van der Waals surface area contributed by atoms with Crippen LogP contribution >= 0.6 is 0 Å². The number of rotatable bonds is 5. The Labute approximate surface area is 125 Å². The molecule has 0 spiro atoms. The van der Waals surface area contributed by atoms with Gasteiger partial charge in [-0.1, -0.05) is 13.0 Å². The van der Waals surface area contributed by atoms with Crippen molar-refractivity contribution < 1.29 is 14.3 Å². The number of carbonyl (C=O) groups excluding carboxylic acids is 2. The Morgan fingerprint density at radius 2 is 2.00 bits per heavy atom. The zero-order valence-corrected chi connectivity index (χ0v) is 12.8. The van der Waals surface area contributed by atoms with Crippen LogP contribution in [-0.2, 0) is 9.53 Å². The van der Waals surface area contributed by atoms with Crippen molar-refractivity contribution in [1.82, 2.24) is 5.32 Å². The number of ether oxygens (including phenoxy) is 1. The number of benzene rings is 1. The molecule has 21 heavy (non-hydrogen) atoms. The minimum absolute atomic E-state index is 0.00148. The standard InChI is InChI=1S/C16H22N2O3/c1-4-5-15(19)17-9-14-10-18(16(20)21-14)13-7-11(2)6-12(3)8-13/h6-8,14H,4-5,9-10H2,1-3H3,(H,17,19). The zero-order chi connectivity index (χ0) is 15.4. The number of hydrogen-bond donors (Lipinski definition) is 1. The molecule has 1 atom stereocenters. The van der Waals surface area contributed by atoms with Crippen molar-refractivity contribution in [3.63, 3.8) is 0 Å². The summed E-state index contributed by atoms with van der Waals surface area (Å²) in [6.07, 6.45) is 0.667. The Balaban J connectivity index is 1.97. The van der Waals surface area contributed by atoms with Crippen molar-refractivity contribution in [3.8, 4) is 0 Å². The van der Waals surface area contributed by atoms with E-state index < -0.39 is 0 Å². The van der Waals surface area contributed by atoms with Gasteiger partial charge in [-0.3, -0.25) is 9.69 Å². The maximum absolute atomic E-state index is 12.0. The van der Waals surface area contributed by atoms with Gasteiger partial charge in [-0.25, -0.2) is 4.79 Å². The van der Waals surface area contributed by atoms with Gasteiger partial charge in [-0.15, -0.1) is 0 Å². The van der Waals surface area contributed by atoms with E-state index in [4.69, 9.17) is 4.74 Å². The number of nitrogens with one attached hydrogen (secondary N) is 1. The fraction of sp³-hybridized carbons (Fsp3) is 0.500. The number of carbonyl (C=O) groups is 2. The van der Waals surface area contributed by atoms with Crippen LogP contribution in [0.15, 0.2) is 18.2 Å². The van der Waals surface area contributed by atoms with Crippen LogP contribution in [-0.4, -0.2) is 31.2 Å². The highest BCUT2D eigenvalue weighted by Crippen LogP contribution is 2.23. The number of hydrogen-bond acceptors (Lipinski definition) is 3. The molecule has 0 bridgehead atoms. The van der Waals surface area contributed by atoms with Crippen LogP contribution in [0.25, 0.3) is 0 Å². The van der Waals surface area contributed by atoms with Crippen LogP contribution in [0.3, 0.4) is 0 Å². The first-order valence-electron chi connectivity index (χ1n) is 7.32. The van der Waals surface area contributed by atoms with Crippen molar-refractivity contribution in [3.05, 3.63) is 29.3 Å². The summed E-state index contributed by atoms with van der Waals surface area (Å²) in [7, 11) is 0. The first-order valence-corrected chi connectivity index (χ1v) is 7.32. The number of aryl methyl sites for hydroxylation is 2. The molecule has 114 valence electrons. The maximum atomic E-state index is 12.0. The highest BCUT2D eigenvalue weighted by Gasteiger charge is 2.32. The van der Waals surface area contributed by atoms with E-state index in [2.05, 4.69) is 11.4 Å². The van der Waals surface area contributed by atoms with Crippen LogP contribution in [0.4, 0.5) is 10.5 Å². The summed E-state index contributed by atoms with van der Waals surface area (Å²) in [5.74, 6) is -0.00148. The average molecular weight is 290 g/mol. The molecule has 1 aliphatic heterocycles. The van der Waals surface area contributed by atoms with Crippen molar-refractivity contribution in [2.24, 2.45) is 0 Å². The predicted octanol–water partition coefficient (Wildman–Crippen LogP) is 2.54. The molecule has 0 saturated carbocycles. The first kappa shape index (κ1) is 15.4. The third-order valence-corrected chi connectivity index (χ3v) is 3.40. The lowest BCUT2D eigenvalue weighted by Crippen LogP contribution is -2.34. The minimum Gasteiger partial charge on any atom is -0.442 e. The van der Waals surface area contributed by atoms with Gasteiger partial charge in [0, 0.05) is 12.1 Å². The number of amides is 2. The van der Waals surface area contributed by atoms with E-state index in [0.29, 0.717) is 19.5 Å². The molecule has 5 heteroatoms. The van der Waals surface area contributed by atoms with E-state index in [-0.39, 0.29) is 18.1 Å². The summed E-state index contributed by atoms with van der Waals surface area (Å²) in [5.41, 5.74) is 3.06. The van der Waals surface area contributed by atoms with Crippen LogP contribution in [0, 0.1) is 13.8 Å². The van der Waals surface area contributed by atoms with E-state index in [0.717, 1.165) is 23.2 Å². The number of anilines is 1. The molecule has 1 aliphatic rings. The molecule has 0 aromatic heterocycles. The highest BCUT2D eigenvalue weighted by atomic mass is 16.6. The van der Waals surface area contributed by atoms with Gasteiger partial charge < -0.3 is 10.1 Å². The lowest BCUT2D eigenvalue weighted by Gasteiger charge is -2.14. The summed E-state index contributed by atoms with van der Waals surface area (Å²) in [6.45, 7) is 6.79. The lowest BCUT2D eigenvalue weighted by atomic mass is 10.1. The van der Waals surface area contributed by atoms with Crippen molar-refractivity contribution >= 4 is 17.7 Å². The molecule has 1 saturated heterocycles. The van der Waals surface area contributed by atoms with Gasteiger partial charge in [-0.05, 0) is 43.5 Å². The molecule has 2 rings (SSSR count). The van der Waals surface area contributed by atoms with Gasteiger partial charge in [0.05, 0.1) is 13.1 Å². The van der Waals surface area contributed by atoms with E-state index >= 15 is 0 Å². The molecule has 0 aliphatic carbocycles. The van der Waals surface area contributed by atoms with Gasteiger partial charge in [0.15, 0.2) is 0 Å². The van der Waals surface area contributed by atoms with Crippen molar-refractivity contribution in [2.45, 2.75) is 39.7 Å². The van der Waals surface area contributed by atoms with Crippen LogP contribution in [0.1, 0.15) is 30.9 Å². The van der Waals surface area contributed by atoms with Gasteiger partial charge >= 0.3 is 6.09 Å². The second-order valence-electron chi connectivity index (χ2n) is 5.52. The largest absolute Gasteiger partial charge is 0.442 e. The molecule has 1 fully saturated rings. The smallest absolute Gasteiger partial charge is 0.414 e. The second-order valence-corrected chi connectivity index (χ2v) is 5.52. The quantitative estimate of drug-likeness (QED) is 0.906. The highest BCUT2D eigenvalue weighted by molar-refractivity contribution is 5.90. The fourth-order valence-electron chi connectivity index (χ4n) is 2.49. The molecule has 1 unspecified atom stereocenters. The fourth-order valence-corrected chi connectivity index (χ4v) is 2.49. The minimum atomic E-state index is -0.352. The molecule has 1 N–H and O–H groups in total. The third kappa shape index (κ3) is 3.97. The predicted molar refractivity (Wildman–Crippen MR) is 81.4 cm³/mol. The summed E-state index contributed by atoms with van der Waals surface area (Å²) in [4.78, 5) is 25.0. The topological polar surface area (TPSA) is 58.6 Å². The van der Waals surface area contributed by atoms with E-state index in [1.165, 1.54) is 0 Å². The van der Waals surface area contributed by atoms with E-state index in [1.807, 2.05) is 32.9 Å². The zero-order valence-electron chi connectivity index (χ0n) is 12.8. The Hall–Kier alpha value is -2.04. The third-order valence-electron chi connectivity index (χ3n) is 3.40. The van der Waals surface area contributed by atoms with Crippen molar-refractivity contribution in [2.75, 3.05) is 18.0 Å². The van der Waals surface area contributed by atoms with Crippen LogP contribution in [0.2, 0.25) is 0 Å². The average Bonchev–Trinajstić information content (AvgIpc) is 2.77. The lowest BCUT2D eigenvalue weighted by molar-refractivity contribution is -0.121. The first-order chi connectivity index (χ1) is 9.99. The monoisotopic (exact) mass is 290 g/mol. The van der Waals surface area contributed by atoms with Crippen molar-refractivity contribution in [1.29, 1.82) is 0 Å². The molecule has 5 nitrogen and oxygen atoms in total. The van der Waals surface area contributed by atoms with Crippen LogP contribution in [0.5, 0.6) is 0 Å². The Bertz CT molecular complexity index is 522. The Kier molecular flexibility index (Phi) is 4.83. The molecule has 0 radical (unpaired) electrons. The van der Waals surface area contributed by atoms with Gasteiger partial charge in [0.2, 0.25) is 5.91 Å². The molecule has 1 heterocycles. The molecular formula is C16H22N2O3. The Morgan fingerprint density at radius 1 is 1.33 bits per heavy atom. The van der Waals surface area contributed by atoms with Gasteiger partial charge in [-0.2, -0.15) is 0 Å². The maximum Gasteiger partial charge on any atom is 0.414 e. The van der Waals surface area contributed by atoms with Gasteiger partial charge in [0.25, 0.3) is 0 Å². The summed E-state index contributed by atoms with van der Waals surface area (Å²) < 4.78 is 5.31. The molecule has 1 aromatic rings. The molecule has 1 aromatic carbocycles. The molecule has 2 amide bonds. The van der Waals surface area contributed by atoms with E-state index in [1.54, 1.807) is 4.90 Å². The normalized spacial score (nSPS) is 17.8. The number of cyclic esters (lactones) is 1. The van der Waals surface area contributed by atoms with Gasteiger partial charge in [0.1, 0.15) is 6.10 Å².